The van der Waals surface area contributed by atoms with Gasteiger partial charge in [0.2, 0.25) is 0 Å². The maximum absolute atomic E-state index is 13.6. The summed E-state index contributed by atoms with van der Waals surface area (Å²) in [7, 11) is 1.33. The predicted molar refractivity (Wildman–Crippen MR) is 127 cm³/mol. The molecule has 4 aromatic rings. The summed E-state index contributed by atoms with van der Waals surface area (Å²) >= 11 is 0. The SMILES string of the molecule is COC(=O)c1ccc(N2CCOCC2)cc1-n1nc(-c2ccccc2)c2ccccc2c1=O. The van der Waals surface area contributed by atoms with Gasteiger partial charge in [-0.05, 0) is 24.3 Å². The zero-order valence-corrected chi connectivity index (χ0v) is 18.2. The molecule has 7 nitrogen and oxygen atoms in total. The van der Waals surface area contributed by atoms with Crippen molar-refractivity contribution in [3.05, 3.63) is 88.7 Å². The first kappa shape index (κ1) is 20.9. The van der Waals surface area contributed by atoms with Gasteiger partial charge in [-0.3, -0.25) is 4.79 Å². The van der Waals surface area contributed by atoms with E-state index in [1.807, 2.05) is 60.7 Å². The highest BCUT2D eigenvalue weighted by Gasteiger charge is 2.21. The molecule has 33 heavy (non-hydrogen) atoms. The fourth-order valence-electron chi connectivity index (χ4n) is 4.16. The summed E-state index contributed by atoms with van der Waals surface area (Å²) in [6.07, 6.45) is 0. The summed E-state index contributed by atoms with van der Waals surface area (Å²) in [4.78, 5) is 28.4. The van der Waals surface area contributed by atoms with Crippen LogP contribution >= 0.6 is 0 Å². The Morgan fingerprint density at radius 3 is 2.36 bits per heavy atom. The van der Waals surface area contributed by atoms with Crippen LogP contribution in [0.3, 0.4) is 0 Å². The smallest absolute Gasteiger partial charge is 0.340 e. The Kier molecular flexibility index (Phi) is 5.62. The van der Waals surface area contributed by atoms with Gasteiger partial charge in [0.25, 0.3) is 5.56 Å². The highest BCUT2D eigenvalue weighted by atomic mass is 16.5. The molecule has 0 bridgehead atoms. The molecule has 0 spiro atoms. The lowest BCUT2D eigenvalue weighted by molar-refractivity contribution is 0.0600. The molecule has 1 aliphatic heterocycles. The summed E-state index contributed by atoms with van der Waals surface area (Å²) in [5.41, 5.74) is 2.81. The Morgan fingerprint density at radius 1 is 0.939 bits per heavy atom. The van der Waals surface area contributed by atoms with Gasteiger partial charge >= 0.3 is 5.97 Å². The van der Waals surface area contributed by atoms with E-state index in [4.69, 9.17) is 14.6 Å². The van der Waals surface area contributed by atoms with Crippen LogP contribution in [-0.2, 0) is 9.47 Å². The van der Waals surface area contributed by atoms with Crippen LogP contribution in [0.2, 0.25) is 0 Å². The van der Waals surface area contributed by atoms with Gasteiger partial charge in [-0.1, -0.05) is 48.5 Å². The summed E-state index contributed by atoms with van der Waals surface area (Å²) in [6, 6.07) is 22.5. The monoisotopic (exact) mass is 441 g/mol. The van der Waals surface area contributed by atoms with Gasteiger partial charge in [0.05, 0.1) is 42.7 Å². The van der Waals surface area contributed by atoms with E-state index < -0.39 is 5.97 Å². The van der Waals surface area contributed by atoms with Crippen LogP contribution in [0.1, 0.15) is 10.4 Å². The van der Waals surface area contributed by atoms with Gasteiger partial charge in [-0.2, -0.15) is 9.78 Å². The van der Waals surface area contributed by atoms with Crippen molar-refractivity contribution in [1.82, 2.24) is 9.78 Å². The summed E-state index contributed by atoms with van der Waals surface area (Å²) < 4.78 is 11.8. The van der Waals surface area contributed by atoms with E-state index in [9.17, 15) is 9.59 Å². The van der Waals surface area contributed by atoms with Crippen LogP contribution in [0.4, 0.5) is 5.69 Å². The molecule has 1 fully saturated rings. The molecule has 0 N–H and O–H groups in total. The lowest BCUT2D eigenvalue weighted by atomic mass is 10.0. The van der Waals surface area contributed by atoms with Crippen molar-refractivity contribution in [3.63, 3.8) is 0 Å². The molecule has 0 saturated carbocycles. The first-order valence-corrected chi connectivity index (χ1v) is 10.8. The normalized spacial score (nSPS) is 13.8. The van der Waals surface area contributed by atoms with Crippen LogP contribution in [0.25, 0.3) is 27.7 Å². The minimum atomic E-state index is -0.526. The maximum atomic E-state index is 13.6. The molecule has 0 unspecified atom stereocenters. The third-order valence-corrected chi connectivity index (χ3v) is 5.84. The molecule has 1 aromatic heterocycles. The Hall–Kier alpha value is -3.97. The van der Waals surface area contributed by atoms with Gasteiger partial charge in [0.1, 0.15) is 0 Å². The van der Waals surface area contributed by atoms with E-state index in [0.717, 1.165) is 29.7 Å². The molecule has 0 aliphatic carbocycles. The molecule has 7 heteroatoms. The zero-order valence-electron chi connectivity index (χ0n) is 18.2. The highest BCUT2D eigenvalue weighted by Crippen LogP contribution is 2.28. The van der Waals surface area contributed by atoms with Crippen molar-refractivity contribution in [2.24, 2.45) is 0 Å². The minimum Gasteiger partial charge on any atom is -0.465 e. The topological polar surface area (TPSA) is 73.7 Å². The van der Waals surface area contributed by atoms with Crippen LogP contribution in [0.15, 0.2) is 77.6 Å². The molecule has 0 amide bonds. The lowest BCUT2D eigenvalue weighted by Crippen LogP contribution is -2.36. The van der Waals surface area contributed by atoms with Crippen LogP contribution in [0.5, 0.6) is 0 Å². The molecule has 0 radical (unpaired) electrons. The quantitative estimate of drug-likeness (QED) is 0.450. The molecular formula is C26H23N3O4. The minimum absolute atomic E-state index is 0.276. The zero-order chi connectivity index (χ0) is 22.8. The molecule has 1 aliphatic rings. The van der Waals surface area contributed by atoms with Crippen molar-refractivity contribution in [1.29, 1.82) is 0 Å². The fraction of sp³-hybridized carbons (Fsp3) is 0.192. The first-order chi connectivity index (χ1) is 16.2. The second kappa shape index (κ2) is 8.88. The number of ether oxygens (including phenoxy) is 2. The van der Waals surface area contributed by atoms with Crippen molar-refractivity contribution >= 4 is 22.4 Å². The molecule has 0 atom stereocenters. The van der Waals surface area contributed by atoms with Crippen LogP contribution in [0, 0.1) is 0 Å². The third kappa shape index (κ3) is 3.87. The summed E-state index contributed by atoms with van der Waals surface area (Å²) in [6.45, 7) is 2.71. The van der Waals surface area contributed by atoms with Crippen molar-refractivity contribution in [3.8, 4) is 16.9 Å². The number of methoxy groups -OCH3 is 1. The number of hydrogen-bond donors (Lipinski definition) is 0. The molecular weight excluding hydrogens is 418 g/mol. The summed E-state index contributed by atoms with van der Waals surface area (Å²) in [5.74, 6) is -0.526. The Balaban J connectivity index is 1.78. The van der Waals surface area contributed by atoms with Gasteiger partial charge in [0.15, 0.2) is 0 Å². The Morgan fingerprint density at radius 2 is 1.64 bits per heavy atom. The summed E-state index contributed by atoms with van der Waals surface area (Å²) in [5, 5.41) is 6.04. The number of rotatable bonds is 4. The number of benzene rings is 3. The second-order valence-electron chi connectivity index (χ2n) is 7.77. The number of morpholine rings is 1. The average molecular weight is 441 g/mol. The van der Waals surface area contributed by atoms with E-state index in [0.29, 0.717) is 30.0 Å². The second-order valence-corrected chi connectivity index (χ2v) is 7.77. The lowest BCUT2D eigenvalue weighted by Gasteiger charge is -2.29. The predicted octanol–water partition coefficient (Wildman–Crippen LogP) is 3.68. The standard InChI is InChI=1S/C26H23N3O4/c1-32-26(31)22-12-11-19(28-13-15-33-16-14-28)17-23(22)29-25(30)21-10-6-5-9-20(21)24(27-29)18-7-3-2-4-8-18/h2-12,17H,13-16H2,1H3. The van der Waals surface area contributed by atoms with Gasteiger partial charge < -0.3 is 14.4 Å². The van der Waals surface area contributed by atoms with Crippen molar-refractivity contribution in [2.75, 3.05) is 38.3 Å². The first-order valence-electron chi connectivity index (χ1n) is 10.8. The van der Waals surface area contributed by atoms with E-state index >= 15 is 0 Å². The van der Waals surface area contributed by atoms with Crippen molar-refractivity contribution in [2.45, 2.75) is 0 Å². The van der Waals surface area contributed by atoms with E-state index in [1.54, 1.807) is 12.1 Å². The van der Waals surface area contributed by atoms with E-state index in [2.05, 4.69) is 4.90 Å². The number of nitrogens with zero attached hydrogens (tertiary/aromatic N) is 3. The van der Waals surface area contributed by atoms with Gasteiger partial charge in [-0.25, -0.2) is 4.79 Å². The Labute approximate surface area is 190 Å². The number of aromatic nitrogens is 2. The maximum Gasteiger partial charge on any atom is 0.340 e. The third-order valence-electron chi connectivity index (χ3n) is 5.84. The number of anilines is 1. The molecule has 166 valence electrons. The highest BCUT2D eigenvalue weighted by molar-refractivity contribution is 5.96. The Bertz CT molecular complexity index is 1380. The molecule has 5 rings (SSSR count). The largest absolute Gasteiger partial charge is 0.465 e. The number of fused-ring (bicyclic) bond motifs is 1. The average Bonchev–Trinajstić information content (AvgIpc) is 2.89. The van der Waals surface area contributed by atoms with Gasteiger partial charge in [-0.15, -0.1) is 0 Å². The number of esters is 1. The molecule has 2 heterocycles. The van der Waals surface area contributed by atoms with Crippen LogP contribution in [-0.4, -0.2) is 49.2 Å². The van der Waals surface area contributed by atoms with Crippen molar-refractivity contribution < 1.29 is 14.3 Å². The number of carbonyl (C=O) groups is 1. The molecule has 3 aromatic carbocycles. The van der Waals surface area contributed by atoms with Crippen LogP contribution < -0.4 is 10.5 Å². The number of carbonyl (C=O) groups excluding carboxylic acids is 1. The molecule has 1 saturated heterocycles. The fourth-order valence-corrected chi connectivity index (χ4v) is 4.16. The van der Waals surface area contributed by atoms with E-state index in [1.165, 1.54) is 11.8 Å². The van der Waals surface area contributed by atoms with Gasteiger partial charge in [0, 0.05) is 29.7 Å². The number of hydrogen-bond acceptors (Lipinski definition) is 6. The van der Waals surface area contributed by atoms with E-state index in [-0.39, 0.29) is 11.1 Å².